The molecule has 0 aliphatic carbocycles. The Bertz CT molecular complexity index is 582. The molecule has 7 heteroatoms. The predicted molar refractivity (Wildman–Crippen MR) is 75.8 cm³/mol. The second-order valence-corrected chi connectivity index (χ2v) is 6.50. The van der Waals surface area contributed by atoms with Crippen LogP contribution in [0.25, 0.3) is 0 Å². The number of aliphatic hydroxyl groups excluding tert-OH is 1. The quantitative estimate of drug-likeness (QED) is 0.638. The molecule has 20 heavy (non-hydrogen) atoms. The number of amides is 1. The van der Waals surface area contributed by atoms with Crippen LogP contribution in [0.1, 0.15) is 35.7 Å². The number of hydrogen-bond acceptors (Lipinski definition) is 4. The molecule has 1 aromatic rings. The van der Waals surface area contributed by atoms with E-state index in [-0.39, 0.29) is 17.0 Å². The zero-order valence-electron chi connectivity index (χ0n) is 11.6. The Morgan fingerprint density at radius 3 is 2.65 bits per heavy atom. The van der Waals surface area contributed by atoms with Crippen LogP contribution in [0.5, 0.6) is 0 Å². The number of nitrogens with two attached hydrogens (primary N) is 1. The molecule has 1 unspecified atom stereocenters. The number of carbonyl (C=O) groups is 1. The van der Waals surface area contributed by atoms with Crippen LogP contribution in [0.15, 0.2) is 23.1 Å². The number of primary amides is 1. The van der Waals surface area contributed by atoms with Crippen molar-refractivity contribution in [1.82, 2.24) is 4.72 Å². The molecule has 0 bridgehead atoms. The molecule has 0 saturated heterocycles. The average molecular weight is 300 g/mol. The van der Waals surface area contributed by atoms with Gasteiger partial charge in [-0.3, -0.25) is 4.79 Å². The Labute approximate surface area is 119 Å². The molecule has 1 amide bonds. The summed E-state index contributed by atoms with van der Waals surface area (Å²) in [5, 5.41) is 9.10. The maximum absolute atomic E-state index is 12.0. The zero-order chi connectivity index (χ0) is 15.3. The fourth-order valence-corrected chi connectivity index (χ4v) is 2.82. The van der Waals surface area contributed by atoms with Crippen LogP contribution in [-0.2, 0) is 10.0 Å². The van der Waals surface area contributed by atoms with Gasteiger partial charge in [0.05, 0.1) is 11.0 Å². The minimum Gasteiger partial charge on any atom is -0.393 e. The van der Waals surface area contributed by atoms with Gasteiger partial charge >= 0.3 is 0 Å². The maximum atomic E-state index is 12.0. The van der Waals surface area contributed by atoms with Gasteiger partial charge in [-0.05, 0) is 44.4 Å². The lowest BCUT2D eigenvalue weighted by Crippen LogP contribution is -2.26. The molecule has 0 aliphatic rings. The Balaban J connectivity index is 2.82. The standard InChI is InChI=1S/C13H20N2O4S/c1-9-5-6-11(8-12(9)13(14)17)20(18,19)15-7-3-4-10(2)16/h5-6,8,10,15-16H,3-4,7H2,1-2H3,(H2,14,17). The van der Waals surface area contributed by atoms with Crippen molar-refractivity contribution >= 4 is 15.9 Å². The number of aryl methyl sites for hydroxylation is 1. The van der Waals surface area contributed by atoms with Crippen LogP contribution in [0.4, 0.5) is 0 Å². The van der Waals surface area contributed by atoms with Crippen molar-refractivity contribution in [1.29, 1.82) is 0 Å². The first kappa shape index (κ1) is 16.6. The Hall–Kier alpha value is -1.44. The lowest BCUT2D eigenvalue weighted by Gasteiger charge is -2.09. The molecule has 0 spiro atoms. The van der Waals surface area contributed by atoms with Crippen molar-refractivity contribution < 1.29 is 18.3 Å². The average Bonchev–Trinajstić information content (AvgIpc) is 2.34. The summed E-state index contributed by atoms with van der Waals surface area (Å²) in [6.07, 6.45) is 0.592. The molecule has 1 atom stereocenters. The first-order valence-electron chi connectivity index (χ1n) is 6.32. The van der Waals surface area contributed by atoms with E-state index in [2.05, 4.69) is 4.72 Å². The SMILES string of the molecule is Cc1ccc(S(=O)(=O)NCCCC(C)O)cc1C(N)=O. The Morgan fingerprint density at radius 2 is 2.10 bits per heavy atom. The second-order valence-electron chi connectivity index (χ2n) is 4.73. The van der Waals surface area contributed by atoms with Crippen LogP contribution in [0, 0.1) is 6.92 Å². The van der Waals surface area contributed by atoms with Crippen molar-refractivity contribution in [2.45, 2.75) is 37.7 Å². The van der Waals surface area contributed by atoms with E-state index in [1.54, 1.807) is 19.9 Å². The third-order valence-electron chi connectivity index (χ3n) is 2.88. The summed E-state index contributed by atoms with van der Waals surface area (Å²) in [6, 6.07) is 4.25. The van der Waals surface area contributed by atoms with Gasteiger partial charge < -0.3 is 10.8 Å². The third kappa shape index (κ3) is 4.59. The van der Waals surface area contributed by atoms with Gasteiger partial charge in [-0.2, -0.15) is 0 Å². The highest BCUT2D eigenvalue weighted by molar-refractivity contribution is 7.89. The van der Waals surface area contributed by atoms with E-state index < -0.39 is 22.0 Å². The van der Waals surface area contributed by atoms with E-state index in [1.165, 1.54) is 12.1 Å². The van der Waals surface area contributed by atoms with E-state index in [0.29, 0.717) is 18.4 Å². The van der Waals surface area contributed by atoms with Gasteiger partial charge in [-0.25, -0.2) is 13.1 Å². The molecule has 0 aromatic heterocycles. The molecule has 4 N–H and O–H groups in total. The highest BCUT2D eigenvalue weighted by Gasteiger charge is 2.16. The monoisotopic (exact) mass is 300 g/mol. The number of rotatable bonds is 7. The molecule has 6 nitrogen and oxygen atoms in total. The zero-order valence-corrected chi connectivity index (χ0v) is 12.4. The fourth-order valence-electron chi connectivity index (χ4n) is 1.72. The number of aliphatic hydroxyl groups is 1. The molecule has 1 aromatic carbocycles. The van der Waals surface area contributed by atoms with E-state index in [1.807, 2.05) is 0 Å². The predicted octanol–water partition coefficient (Wildman–Crippen LogP) is 0.533. The first-order chi connectivity index (χ1) is 9.24. The summed E-state index contributed by atoms with van der Waals surface area (Å²) < 4.78 is 26.5. The lowest BCUT2D eigenvalue weighted by atomic mass is 10.1. The van der Waals surface area contributed by atoms with Crippen molar-refractivity contribution in [2.24, 2.45) is 5.73 Å². The number of nitrogens with one attached hydrogen (secondary N) is 1. The van der Waals surface area contributed by atoms with Gasteiger partial charge in [0.2, 0.25) is 15.9 Å². The van der Waals surface area contributed by atoms with E-state index >= 15 is 0 Å². The van der Waals surface area contributed by atoms with Crippen molar-refractivity contribution in [3.8, 4) is 0 Å². The van der Waals surface area contributed by atoms with Crippen LogP contribution in [0.2, 0.25) is 0 Å². The Kier molecular flexibility index (Phi) is 5.67. The van der Waals surface area contributed by atoms with E-state index in [9.17, 15) is 13.2 Å². The normalized spacial score (nSPS) is 13.2. The third-order valence-corrected chi connectivity index (χ3v) is 4.33. The minimum absolute atomic E-state index is 0.00828. The molecule has 0 aliphatic heterocycles. The summed E-state index contributed by atoms with van der Waals surface area (Å²) in [5.41, 5.74) is 6.02. The van der Waals surface area contributed by atoms with Crippen LogP contribution in [-0.4, -0.2) is 32.1 Å². The maximum Gasteiger partial charge on any atom is 0.249 e. The molecule has 0 saturated carbocycles. The van der Waals surface area contributed by atoms with Crippen LogP contribution in [0.3, 0.4) is 0 Å². The summed E-state index contributed by atoms with van der Waals surface area (Å²) >= 11 is 0. The van der Waals surface area contributed by atoms with Gasteiger partial charge in [-0.1, -0.05) is 6.07 Å². The van der Waals surface area contributed by atoms with E-state index in [0.717, 1.165) is 0 Å². The molecule has 0 radical (unpaired) electrons. The highest BCUT2D eigenvalue weighted by atomic mass is 32.2. The van der Waals surface area contributed by atoms with Gasteiger partial charge in [0, 0.05) is 12.1 Å². The highest BCUT2D eigenvalue weighted by Crippen LogP contribution is 2.15. The van der Waals surface area contributed by atoms with Gasteiger partial charge in [-0.15, -0.1) is 0 Å². The smallest absolute Gasteiger partial charge is 0.249 e. The summed E-state index contributed by atoms with van der Waals surface area (Å²) in [4.78, 5) is 11.2. The number of carbonyl (C=O) groups excluding carboxylic acids is 1. The molecule has 1 rings (SSSR count). The van der Waals surface area contributed by atoms with Crippen molar-refractivity contribution in [2.75, 3.05) is 6.54 Å². The van der Waals surface area contributed by atoms with Gasteiger partial charge in [0.25, 0.3) is 0 Å². The summed E-state index contributed by atoms with van der Waals surface area (Å²) in [6.45, 7) is 3.56. The van der Waals surface area contributed by atoms with Gasteiger partial charge in [0.15, 0.2) is 0 Å². The van der Waals surface area contributed by atoms with Crippen molar-refractivity contribution in [3.63, 3.8) is 0 Å². The fraction of sp³-hybridized carbons (Fsp3) is 0.462. The minimum atomic E-state index is -3.67. The van der Waals surface area contributed by atoms with Crippen molar-refractivity contribution in [3.05, 3.63) is 29.3 Å². The lowest BCUT2D eigenvalue weighted by molar-refractivity contribution is 0.0999. The number of sulfonamides is 1. The summed E-state index contributed by atoms with van der Waals surface area (Å²) in [7, 11) is -3.67. The van der Waals surface area contributed by atoms with Crippen LogP contribution >= 0.6 is 0 Å². The second kappa shape index (κ2) is 6.83. The Morgan fingerprint density at radius 1 is 1.45 bits per heavy atom. The molecule has 0 heterocycles. The largest absolute Gasteiger partial charge is 0.393 e. The van der Waals surface area contributed by atoms with E-state index in [4.69, 9.17) is 10.8 Å². The van der Waals surface area contributed by atoms with Crippen LogP contribution < -0.4 is 10.5 Å². The number of hydrogen-bond donors (Lipinski definition) is 3. The number of benzene rings is 1. The molecular weight excluding hydrogens is 280 g/mol. The molecule has 112 valence electrons. The topological polar surface area (TPSA) is 109 Å². The molecule has 0 fully saturated rings. The summed E-state index contributed by atoms with van der Waals surface area (Å²) in [5.74, 6) is -0.659. The van der Waals surface area contributed by atoms with Gasteiger partial charge in [0.1, 0.15) is 0 Å². The first-order valence-corrected chi connectivity index (χ1v) is 7.80. The molecular formula is C13H20N2O4S.